The van der Waals surface area contributed by atoms with Crippen LogP contribution in [-0.2, 0) is 4.79 Å². The van der Waals surface area contributed by atoms with Gasteiger partial charge in [0.1, 0.15) is 11.4 Å². The lowest BCUT2D eigenvalue weighted by Gasteiger charge is -2.20. The van der Waals surface area contributed by atoms with Crippen molar-refractivity contribution in [3.63, 3.8) is 0 Å². The maximum Gasteiger partial charge on any atom is 0.296 e. The van der Waals surface area contributed by atoms with Crippen LogP contribution in [-0.4, -0.2) is 17.9 Å². The molecule has 2 aliphatic rings. The van der Waals surface area contributed by atoms with Crippen LogP contribution in [0.15, 0.2) is 18.2 Å². The van der Waals surface area contributed by atoms with Crippen molar-refractivity contribution in [1.82, 2.24) is 0 Å². The zero-order chi connectivity index (χ0) is 15.0. The molecule has 1 aromatic rings. The van der Waals surface area contributed by atoms with Gasteiger partial charge in [-0.25, -0.2) is 0 Å². The highest BCUT2D eigenvalue weighted by Crippen LogP contribution is 2.48. The first-order chi connectivity index (χ1) is 10.1. The number of benzene rings is 1. The molecule has 0 spiro atoms. The summed E-state index contributed by atoms with van der Waals surface area (Å²) < 4.78 is 4.99. The van der Waals surface area contributed by atoms with Crippen molar-refractivity contribution in [3.05, 3.63) is 28.3 Å². The summed E-state index contributed by atoms with van der Waals surface area (Å²) in [5.74, 6) is 1.43. The molecule has 6 nitrogen and oxygen atoms in total. The van der Waals surface area contributed by atoms with Crippen molar-refractivity contribution in [2.24, 2.45) is 17.8 Å². The molecular weight excluding hydrogens is 272 g/mol. The van der Waals surface area contributed by atoms with Crippen LogP contribution in [0, 0.1) is 27.9 Å². The normalized spacial score (nSPS) is 26.6. The maximum absolute atomic E-state index is 12.4. The first-order valence-corrected chi connectivity index (χ1v) is 7.21. The molecule has 0 radical (unpaired) electrons. The number of rotatable bonds is 4. The number of nitrogens with one attached hydrogen (secondary N) is 1. The fraction of sp³-hybridized carbons (Fsp3) is 0.533. The third kappa shape index (κ3) is 2.57. The number of nitrogens with zero attached hydrogens (tertiary/aromatic N) is 1. The highest BCUT2D eigenvalue weighted by Gasteiger charge is 2.43. The van der Waals surface area contributed by atoms with E-state index in [9.17, 15) is 14.9 Å². The van der Waals surface area contributed by atoms with E-state index in [1.807, 2.05) is 0 Å². The zero-order valence-corrected chi connectivity index (χ0v) is 11.9. The van der Waals surface area contributed by atoms with Gasteiger partial charge in [-0.3, -0.25) is 14.9 Å². The van der Waals surface area contributed by atoms with Gasteiger partial charge in [0, 0.05) is 5.92 Å². The second-order valence-electron chi connectivity index (χ2n) is 5.91. The van der Waals surface area contributed by atoms with Crippen LogP contribution in [0.1, 0.15) is 25.7 Å². The molecule has 0 heterocycles. The van der Waals surface area contributed by atoms with Gasteiger partial charge in [-0.2, -0.15) is 0 Å². The highest BCUT2D eigenvalue weighted by atomic mass is 16.6. The monoisotopic (exact) mass is 290 g/mol. The van der Waals surface area contributed by atoms with E-state index >= 15 is 0 Å². The molecule has 1 aromatic carbocycles. The number of nitro groups is 1. The van der Waals surface area contributed by atoms with Crippen molar-refractivity contribution in [3.8, 4) is 5.75 Å². The molecule has 112 valence electrons. The minimum atomic E-state index is -0.501. The van der Waals surface area contributed by atoms with Gasteiger partial charge in [0.15, 0.2) is 0 Å². The Morgan fingerprint density at radius 1 is 1.38 bits per heavy atom. The van der Waals surface area contributed by atoms with Crippen molar-refractivity contribution in [2.75, 3.05) is 12.4 Å². The summed E-state index contributed by atoms with van der Waals surface area (Å²) in [6.07, 6.45) is 4.37. The Kier molecular flexibility index (Phi) is 3.53. The molecule has 3 atom stereocenters. The van der Waals surface area contributed by atoms with Gasteiger partial charge in [0.05, 0.1) is 18.1 Å². The number of carbonyl (C=O) groups is 1. The first-order valence-electron chi connectivity index (χ1n) is 7.21. The lowest BCUT2D eigenvalue weighted by molar-refractivity contribution is -0.384. The summed E-state index contributed by atoms with van der Waals surface area (Å²) >= 11 is 0. The van der Waals surface area contributed by atoms with E-state index in [0.717, 1.165) is 19.3 Å². The SMILES string of the molecule is COc1ccc(NC(=O)[C@@H]2C[C@H]3CC[C@H]2C3)c([N+](=O)[O-])c1. The minimum absolute atomic E-state index is 0.00505. The molecule has 2 saturated carbocycles. The largest absolute Gasteiger partial charge is 0.496 e. The Hall–Kier alpha value is -2.11. The van der Waals surface area contributed by atoms with Crippen LogP contribution in [0.2, 0.25) is 0 Å². The molecule has 0 aliphatic heterocycles. The number of methoxy groups -OCH3 is 1. The number of anilines is 1. The molecular formula is C15H18N2O4. The van der Waals surface area contributed by atoms with E-state index in [2.05, 4.69) is 5.32 Å². The molecule has 1 N–H and O–H groups in total. The fourth-order valence-electron chi connectivity index (χ4n) is 3.69. The zero-order valence-electron chi connectivity index (χ0n) is 11.9. The predicted molar refractivity (Wildman–Crippen MR) is 77.2 cm³/mol. The molecule has 6 heteroatoms. The second-order valence-corrected chi connectivity index (χ2v) is 5.91. The van der Waals surface area contributed by atoms with Crippen molar-refractivity contribution >= 4 is 17.3 Å². The van der Waals surface area contributed by atoms with E-state index in [1.165, 1.54) is 25.7 Å². The van der Waals surface area contributed by atoms with Gasteiger partial charge in [-0.05, 0) is 43.2 Å². The van der Waals surface area contributed by atoms with Gasteiger partial charge in [-0.1, -0.05) is 6.42 Å². The number of hydrogen-bond acceptors (Lipinski definition) is 4. The maximum atomic E-state index is 12.4. The lowest BCUT2D eigenvalue weighted by Crippen LogP contribution is -2.27. The van der Waals surface area contributed by atoms with Gasteiger partial charge >= 0.3 is 0 Å². The van der Waals surface area contributed by atoms with Crippen molar-refractivity contribution in [1.29, 1.82) is 0 Å². The van der Waals surface area contributed by atoms with Crippen LogP contribution in [0.25, 0.3) is 0 Å². The Labute approximate surface area is 122 Å². The number of carbonyl (C=O) groups excluding carboxylic acids is 1. The number of fused-ring (bicyclic) bond motifs is 2. The van der Waals surface area contributed by atoms with Gasteiger partial charge in [-0.15, -0.1) is 0 Å². The van der Waals surface area contributed by atoms with Crippen molar-refractivity contribution in [2.45, 2.75) is 25.7 Å². The number of amides is 1. The molecule has 0 unspecified atom stereocenters. The topological polar surface area (TPSA) is 81.5 Å². The van der Waals surface area contributed by atoms with Gasteiger partial charge in [0.2, 0.25) is 5.91 Å². The van der Waals surface area contributed by atoms with Crippen molar-refractivity contribution < 1.29 is 14.5 Å². The summed E-state index contributed by atoms with van der Waals surface area (Å²) in [5.41, 5.74) is 0.111. The van der Waals surface area contributed by atoms with E-state index in [4.69, 9.17) is 4.74 Å². The predicted octanol–water partition coefficient (Wildman–Crippen LogP) is 2.98. The van der Waals surface area contributed by atoms with Crippen LogP contribution in [0.3, 0.4) is 0 Å². The standard InChI is InChI=1S/C15H18N2O4/c1-21-11-4-5-13(14(8-11)17(19)20)16-15(18)12-7-9-2-3-10(12)6-9/h4-5,8-10,12H,2-3,6-7H2,1H3,(H,16,18)/t9-,10-,12+/m0/s1. The summed E-state index contributed by atoms with van der Waals surface area (Å²) in [6, 6.07) is 4.47. The molecule has 2 fully saturated rings. The Morgan fingerprint density at radius 3 is 2.76 bits per heavy atom. The fourth-order valence-corrected chi connectivity index (χ4v) is 3.69. The highest BCUT2D eigenvalue weighted by molar-refractivity contribution is 5.95. The molecule has 0 aromatic heterocycles. The van der Waals surface area contributed by atoms with E-state index in [0.29, 0.717) is 17.6 Å². The van der Waals surface area contributed by atoms with Crippen LogP contribution in [0.4, 0.5) is 11.4 Å². The summed E-state index contributed by atoms with van der Waals surface area (Å²) in [7, 11) is 1.45. The molecule has 2 bridgehead atoms. The first kappa shape index (κ1) is 13.9. The Bertz CT molecular complexity index is 587. The van der Waals surface area contributed by atoms with E-state index in [1.54, 1.807) is 6.07 Å². The molecule has 0 saturated heterocycles. The second kappa shape index (κ2) is 5.35. The Balaban J connectivity index is 1.78. The smallest absolute Gasteiger partial charge is 0.296 e. The third-order valence-electron chi connectivity index (χ3n) is 4.73. The van der Waals surface area contributed by atoms with E-state index in [-0.39, 0.29) is 23.2 Å². The average molecular weight is 290 g/mol. The minimum Gasteiger partial charge on any atom is -0.496 e. The summed E-state index contributed by atoms with van der Waals surface area (Å²) in [4.78, 5) is 23.0. The summed E-state index contributed by atoms with van der Waals surface area (Å²) in [6.45, 7) is 0. The number of ether oxygens (including phenoxy) is 1. The lowest BCUT2D eigenvalue weighted by atomic mass is 9.88. The molecule has 1 amide bonds. The van der Waals surface area contributed by atoms with E-state index < -0.39 is 4.92 Å². The van der Waals surface area contributed by atoms with Gasteiger partial charge in [0.25, 0.3) is 5.69 Å². The summed E-state index contributed by atoms with van der Waals surface area (Å²) in [5, 5.41) is 13.9. The molecule has 2 aliphatic carbocycles. The number of nitro benzene ring substituents is 1. The number of hydrogen-bond donors (Lipinski definition) is 1. The average Bonchev–Trinajstić information content (AvgIpc) is 3.10. The van der Waals surface area contributed by atoms with Crippen LogP contribution < -0.4 is 10.1 Å². The van der Waals surface area contributed by atoms with Gasteiger partial charge < -0.3 is 10.1 Å². The molecule has 3 rings (SSSR count). The molecule has 21 heavy (non-hydrogen) atoms. The Morgan fingerprint density at radius 2 is 2.19 bits per heavy atom. The third-order valence-corrected chi connectivity index (χ3v) is 4.73. The van der Waals surface area contributed by atoms with Crippen LogP contribution >= 0.6 is 0 Å². The quantitative estimate of drug-likeness (QED) is 0.682. The van der Waals surface area contributed by atoms with Crippen LogP contribution in [0.5, 0.6) is 5.75 Å².